The summed E-state index contributed by atoms with van der Waals surface area (Å²) >= 11 is 3.40. The number of ether oxygens (including phenoxy) is 1. The zero-order chi connectivity index (χ0) is 18.0. The standard InChI is InChI=1S/C17H20BrN3O4/c1-2-25-17(24)20-9-7-19(8-10-20)14-11-15(22)21(16(14)23)13-6-4-3-5-12(13)18/h3-6,14H,2,7-11H2,1H3/t14-/m0/s1. The van der Waals surface area contributed by atoms with Gasteiger partial charge in [0.25, 0.3) is 5.91 Å². The number of anilines is 1. The third-order valence-corrected chi connectivity index (χ3v) is 5.17. The molecule has 25 heavy (non-hydrogen) atoms. The molecular formula is C17H20BrN3O4. The molecule has 1 aromatic carbocycles. The van der Waals surface area contributed by atoms with Crippen LogP contribution in [0.5, 0.6) is 0 Å². The van der Waals surface area contributed by atoms with Crippen molar-refractivity contribution in [2.75, 3.05) is 37.7 Å². The summed E-state index contributed by atoms with van der Waals surface area (Å²) in [6, 6.07) is 6.72. The van der Waals surface area contributed by atoms with Crippen molar-refractivity contribution < 1.29 is 19.1 Å². The molecule has 0 aliphatic carbocycles. The van der Waals surface area contributed by atoms with Crippen LogP contribution in [0.2, 0.25) is 0 Å². The van der Waals surface area contributed by atoms with Crippen LogP contribution in [0.1, 0.15) is 13.3 Å². The molecule has 0 bridgehead atoms. The summed E-state index contributed by atoms with van der Waals surface area (Å²) in [7, 11) is 0. The third kappa shape index (κ3) is 3.55. The Kier molecular flexibility index (Phi) is 5.39. The van der Waals surface area contributed by atoms with Crippen LogP contribution in [0, 0.1) is 0 Å². The monoisotopic (exact) mass is 409 g/mol. The minimum atomic E-state index is -0.469. The number of halogens is 1. The predicted molar refractivity (Wildman–Crippen MR) is 95.2 cm³/mol. The molecule has 0 N–H and O–H groups in total. The van der Waals surface area contributed by atoms with Crippen molar-refractivity contribution >= 4 is 39.5 Å². The maximum atomic E-state index is 12.8. The van der Waals surface area contributed by atoms with E-state index in [9.17, 15) is 14.4 Å². The number of amides is 3. The molecule has 2 saturated heterocycles. The number of para-hydroxylation sites is 1. The normalized spacial score (nSPS) is 21.8. The van der Waals surface area contributed by atoms with E-state index in [1.165, 1.54) is 4.90 Å². The van der Waals surface area contributed by atoms with Crippen LogP contribution in [-0.4, -0.2) is 66.5 Å². The number of piperazine rings is 1. The summed E-state index contributed by atoms with van der Waals surface area (Å²) in [5, 5.41) is 0. The van der Waals surface area contributed by atoms with E-state index in [1.807, 2.05) is 11.0 Å². The maximum absolute atomic E-state index is 12.8. The first-order valence-electron chi connectivity index (χ1n) is 8.30. The Balaban J connectivity index is 1.67. The molecule has 0 unspecified atom stereocenters. The Labute approximate surface area is 154 Å². The van der Waals surface area contributed by atoms with Gasteiger partial charge in [-0.1, -0.05) is 12.1 Å². The van der Waals surface area contributed by atoms with Crippen LogP contribution >= 0.6 is 15.9 Å². The van der Waals surface area contributed by atoms with Crippen molar-refractivity contribution in [3.8, 4) is 0 Å². The van der Waals surface area contributed by atoms with E-state index in [0.717, 1.165) is 0 Å². The molecule has 1 atom stereocenters. The average Bonchev–Trinajstić information content (AvgIpc) is 2.90. The van der Waals surface area contributed by atoms with Crippen LogP contribution in [-0.2, 0) is 14.3 Å². The smallest absolute Gasteiger partial charge is 0.409 e. The van der Waals surface area contributed by atoms with Crippen LogP contribution in [0.25, 0.3) is 0 Å². The van der Waals surface area contributed by atoms with Crippen molar-refractivity contribution in [1.29, 1.82) is 0 Å². The zero-order valence-corrected chi connectivity index (χ0v) is 15.6. The van der Waals surface area contributed by atoms with Gasteiger partial charge < -0.3 is 9.64 Å². The Morgan fingerprint density at radius 2 is 1.88 bits per heavy atom. The Morgan fingerprint density at radius 1 is 1.20 bits per heavy atom. The van der Waals surface area contributed by atoms with Gasteiger partial charge in [-0.25, -0.2) is 9.69 Å². The molecule has 0 aromatic heterocycles. The lowest BCUT2D eigenvalue weighted by Crippen LogP contribution is -2.54. The molecule has 7 nitrogen and oxygen atoms in total. The molecular weight excluding hydrogens is 390 g/mol. The van der Waals surface area contributed by atoms with Crippen LogP contribution in [0.4, 0.5) is 10.5 Å². The topological polar surface area (TPSA) is 70.2 Å². The fourth-order valence-electron chi connectivity index (χ4n) is 3.22. The lowest BCUT2D eigenvalue weighted by atomic mass is 10.2. The molecule has 1 aromatic rings. The van der Waals surface area contributed by atoms with Gasteiger partial charge in [0.2, 0.25) is 5.91 Å². The van der Waals surface area contributed by atoms with Gasteiger partial charge in [0.1, 0.15) is 0 Å². The molecule has 2 aliphatic heterocycles. The quantitative estimate of drug-likeness (QED) is 0.712. The second kappa shape index (κ2) is 7.53. The first kappa shape index (κ1) is 17.9. The molecule has 2 heterocycles. The molecule has 0 saturated carbocycles. The summed E-state index contributed by atoms with van der Waals surface area (Å²) in [4.78, 5) is 41.9. The molecule has 0 spiro atoms. The maximum Gasteiger partial charge on any atom is 0.409 e. The molecule has 2 aliphatic rings. The number of carbonyl (C=O) groups excluding carboxylic acids is 3. The average molecular weight is 410 g/mol. The van der Waals surface area contributed by atoms with Gasteiger partial charge in [0.05, 0.1) is 24.8 Å². The fraction of sp³-hybridized carbons (Fsp3) is 0.471. The zero-order valence-electron chi connectivity index (χ0n) is 14.0. The predicted octanol–water partition coefficient (Wildman–Crippen LogP) is 1.86. The summed E-state index contributed by atoms with van der Waals surface area (Å²) in [6.07, 6.45) is -0.162. The van der Waals surface area contributed by atoms with Crippen LogP contribution in [0.15, 0.2) is 28.7 Å². The van der Waals surface area contributed by atoms with Crippen molar-refractivity contribution in [3.63, 3.8) is 0 Å². The highest BCUT2D eigenvalue weighted by molar-refractivity contribution is 9.10. The first-order valence-corrected chi connectivity index (χ1v) is 9.09. The minimum absolute atomic E-state index is 0.166. The van der Waals surface area contributed by atoms with Crippen molar-refractivity contribution in [1.82, 2.24) is 9.80 Å². The summed E-state index contributed by atoms with van der Waals surface area (Å²) in [5.74, 6) is -0.406. The molecule has 3 amide bonds. The van der Waals surface area contributed by atoms with Gasteiger partial charge >= 0.3 is 6.09 Å². The molecule has 0 radical (unpaired) electrons. The number of carbonyl (C=O) groups is 3. The largest absolute Gasteiger partial charge is 0.450 e. The summed E-state index contributed by atoms with van der Waals surface area (Å²) < 4.78 is 5.71. The number of benzene rings is 1. The lowest BCUT2D eigenvalue weighted by molar-refractivity contribution is -0.123. The van der Waals surface area contributed by atoms with Crippen LogP contribution < -0.4 is 4.90 Å². The second-order valence-corrected chi connectivity index (χ2v) is 6.81. The highest BCUT2D eigenvalue weighted by atomic mass is 79.9. The first-order chi connectivity index (χ1) is 12.0. The molecule has 2 fully saturated rings. The van der Waals surface area contributed by atoms with Crippen LogP contribution in [0.3, 0.4) is 0 Å². The third-order valence-electron chi connectivity index (χ3n) is 4.50. The number of hydrogen-bond donors (Lipinski definition) is 0. The van der Waals surface area contributed by atoms with E-state index in [4.69, 9.17) is 4.74 Å². The van der Waals surface area contributed by atoms with E-state index in [2.05, 4.69) is 15.9 Å². The van der Waals surface area contributed by atoms with Gasteiger partial charge in [0.15, 0.2) is 0 Å². The Morgan fingerprint density at radius 3 is 2.52 bits per heavy atom. The van der Waals surface area contributed by atoms with Gasteiger partial charge in [-0.05, 0) is 35.0 Å². The molecule has 3 rings (SSSR count). The van der Waals surface area contributed by atoms with Gasteiger partial charge in [-0.15, -0.1) is 0 Å². The Hall–Kier alpha value is -1.93. The van der Waals surface area contributed by atoms with Crippen molar-refractivity contribution in [2.45, 2.75) is 19.4 Å². The van der Waals surface area contributed by atoms with Gasteiger partial charge in [-0.2, -0.15) is 0 Å². The van der Waals surface area contributed by atoms with E-state index in [1.54, 1.807) is 30.0 Å². The van der Waals surface area contributed by atoms with E-state index in [-0.39, 0.29) is 24.3 Å². The summed E-state index contributed by atoms with van der Waals surface area (Å²) in [5.41, 5.74) is 0.574. The van der Waals surface area contributed by atoms with Gasteiger partial charge in [0, 0.05) is 30.7 Å². The minimum Gasteiger partial charge on any atom is -0.450 e. The second-order valence-electron chi connectivity index (χ2n) is 5.96. The van der Waals surface area contributed by atoms with E-state index < -0.39 is 6.04 Å². The number of rotatable bonds is 3. The number of imide groups is 1. The summed E-state index contributed by atoms with van der Waals surface area (Å²) in [6.45, 7) is 4.19. The molecule has 8 heteroatoms. The van der Waals surface area contributed by atoms with E-state index in [0.29, 0.717) is 42.9 Å². The lowest BCUT2D eigenvalue weighted by Gasteiger charge is -2.36. The number of hydrogen-bond acceptors (Lipinski definition) is 5. The fourth-order valence-corrected chi connectivity index (χ4v) is 3.68. The highest BCUT2D eigenvalue weighted by Crippen LogP contribution is 2.31. The number of nitrogens with zero attached hydrogens (tertiary/aromatic N) is 3. The van der Waals surface area contributed by atoms with Crippen molar-refractivity contribution in [3.05, 3.63) is 28.7 Å². The molecule has 134 valence electrons. The highest BCUT2D eigenvalue weighted by Gasteiger charge is 2.44. The van der Waals surface area contributed by atoms with Crippen molar-refractivity contribution in [2.24, 2.45) is 0 Å². The van der Waals surface area contributed by atoms with E-state index >= 15 is 0 Å². The van der Waals surface area contributed by atoms with Gasteiger partial charge in [-0.3, -0.25) is 14.5 Å². The Bertz CT molecular complexity index is 688. The SMILES string of the molecule is CCOC(=O)N1CCN([C@H]2CC(=O)N(c3ccccc3Br)C2=O)CC1.